The van der Waals surface area contributed by atoms with Gasteiger partial charge in [-0.1, -0.05) is 18.9 Å². The monoisotopic (exact) mass is 298 g/mol. The van der Waals surface area contributed by atoms with Gasteiger partial charge < -0.3 is 15.1 Å². The Morgan fingerprint density at radius 1 is 1.18 bits per heavy atom. The predicted octanol–water partition coefficient (Wildman–Crippen LogP) is 2.33. The Labute approximate surface area is 131 Å². The maximum Gasteiger partial charge on any atom is 0.317 e. The van der Waals surface area contributed by atoms with E-state index in [4.69, 9.17) is 5.26 Å². The summed E-state index contributed by atoms with van der Waals surface area (Å²) in [6, 6.07) is 10.3. The molecule has 2 fully saturated rings. The second kappa shape index (κ2) is 6.69. The van der Waals surface area contributed by atoms with Gasteiger partial charge in [-0.2, -0.15) is 5.26 Å². The van der Waals surface area contributed by atoms with Crippen LogP contribution in [-0.2, 0) is 0 Å². The summed E-state index contributed by atoms with van der Waals surface area (Å²) in [4.78, 5) is 16.4. The predicted molar refractivity (Wildman–Crippen MR) is 85.7 cm³/mol. The van der Waals surface area contributed by atoms with Crippen molar-refractivity contribution in [1.29, 1.82) is 5.26 Å². The minimum absolute atomic E-state index is 0.0809. The zero-order valence-electron chi connectivity index (χ0n) is 12.8. The van der Waals surface area contributed by atoms with Gasteiger partial charge >= 0.3 is 6.03 Å². The number of hydrogen-bond acceptors (Lipinski definition) is 3. The Morgan fingerprint density at radius 2 is 1.91 bits per heavy atom. The molecular weight excluding hydrogens is 276 g/mol. The van der Waals surface area contributed by atoms with Crippen molar-refractivity contribution < 1.29 is 4.79 Å². The number of nitrogens with one attached hydrogen (secondary N) is 1. The first kappa shape index (κ1) is 14.7. The van der Waals surface area contributed by atoms with Gasteiger partial charge in [0.05, 0.1) is 11.6 Å². The molecule has 1 heterocycles. The van der Waals surface area contributed by atoms with E-state index in [-0.39, 0.29) is 6.03 Å². The quantitative estimate of drug-likeness (QED) is 0.911. The number of carbonyl (C=O) groups excluding carboxylic acids is 1. The van der Waals surface area contributed by atoms with Gasteiger partial charge in [-0.3, -0.25) is 0 Å². The molecule has 116 valence electrons. The van der Waals surface area contributed by atoms with Crippen molar-refractivity contribution in [1.82, 2.24) is 10.2 Å². The fraction of sp³-hybridized carbons (Fsp3) is 0.529. The summed E-state index contributed by atoms with van der Waals surface area (Å²) in [5.74, 6) is 0. The second-order valence-electron chi connectivity index (χ2n) is 6.07. The smallest absolute Gasteiger partial charge is 0.317 e. The van der Waals surface area contributed by atoms with Crippen LogP contribution in [0, 0.1) is 11.3 Å². The minimum atomic E-state index is 0.0809. The molecule has 1 saturated carbocycles. The fourth-order valence-electron chi connectivity index (χ4n) is 3.28. The van der Waals surface area contributed by atoms with Crippen molar-refractivity contribution in [3.63, 3.8) is 0 Å². The molecule has 0 spiro atoms. The molecule has 22 heavy (non-hydrogen) atoms. The summed E-state index contributed by atoms with van der Waals surface area (Å²) < 4.78 is 0. The van der Waals surface area contributed by atoms with Crippen LogP contribution in [0.5, 0.6) is 0 Å². The highest BCUT2D eigenvalue weighted by Crippen LogP contribution is 2.20. The standard InChI is InChI=1S/C17H22N4O/c18-13-14-4-3-7-16(12-14)20-8-10-21(11-9-20)17(22)19-15-5-1-2-6-15/h3-4,7,12,15H,1-2,5-6,8-11H2,(H,19,22). The molecule has 0 radical (unpaired) electrons. The topological polar surface area (TPSA) is 59.4 Å². The highest BCUT2D eigenvalue weighted by molar-refractivity contribution is 5.75. The van der Waals surface area contributed by atoms with E-state index in [9.17, 15) is 4.79 Å². The first-order chi connectivity index (χ1) is 10.8. The molecule has 1 saturated heterocycles. The Kier molecular flexibility index (Phi) is 4.47. The van der Waals surface area contributed by atoms with Crippen molar-refractivity contribution in [2.24, 2.45) is 0 Å². The zero-order valence-corrected chi connectivity index (χ0v) is 12.8. The lowest BCUT2D eigenvalue weighted by molar-refractivity contribution is 0.190. The molecule has 0 aromatic heterocycles. The van der Waals surface area contributed by atoms with E-state index in [2.05, 4.69) is 16.3 Å². The highest BCUT2D eigenvalue weighted by atomic mass is 16.2. The zero-order chi connectivity index (χ0) is 15.4. The molecule has 1 aliphatic heterocycles. The number of rotatable bonds is 2. The highest BCUT2D eigenvalue weighted by Gasteiger charge is 2.24. The number of benzene rings is 1. The van der Waals surface area contributed by atoms with Crippen molar-refractivity contribution in [3.8, 4) is 6.07 Å². The van der Waals surface area contributed by atoms with Gasteiger partial charge in [0.2, 0.25) is 0 Å². The van der Waals surface area contributed by atoms with E-state index >= 15 is 0 Å². The molecule has 2 amide bonds. The molecule has 1 aromatic rings. The van der Waals surface area contributed by atoms with Crippen LogP contribution in [-0.4, -0.2) is 43.2 Å². The van der Waals surface area contributed by atoms with E-state index < -0.39 is 0 Å². The van der Waals surface area contributed by atoms with E-state index in [0.717, 1.165) is 44.7 Å². The van der Waals surface area contributed by atoms with Gasteiger partial charge in [0.1, 0.15) is 0 Å². The van der Waals surface area contributed by atoms with Crippen LogP contribution < -0.4 is 10.2 Å². The SMILES string of the molecule is N#Cc1cccc(N2CCN(C(=O)NC3CCCC3)CC2)c1. The molecule has 1 aromatic carbocycles. The lowest BCUT2D eigenvalue weighted by Crippen LogP contribution is -2.53. The average Bonchev–Trinajstić information content (AvgIpc) is 3.08. The van der Waals surface area contributed by atoms with Crippen LogP contribution >= 0.6 is 0 Å². The first-order valence-electron chi connectivity index (χ1n) is 8.07. The van der Waals surface area contributed by atoms with Crippen LogP contribution in [0.1, 0.15) is 31.2 Å². The summed E-state index contributed by atoms with van der Waals surface area (Å²) >= 11 is 0. The van der Waals surface area contributed by atoms with Crippen LogP contribution in [0.4, 0.5) is 10.5 Å². The summed E-state index contributed by atoms with van der Waals surface area (Å²) in [6.07, 6.45) is 4.70. The minimum Gasteiger partial charge on any atom is -0.368 e. The second-order valence-corrected chi connectivity index (χ2v) is 6.07. The Balaban J connectivity index is 1.53. The lowest BCUT2D eigenvalue weighted by atomic mass is 10.2. The third-order valence-electron chi connectivity index (χ3n) is 4.59. The third-order valence-corrected chi connectivity index (χ3v) is 4.59. The number of carbonyl (C=O) groups is 1. The summed E-state index contributed by atoms with van der Waals surface area (Å²) in [7, 11) is 0. The average molecular weight is 298 g/mol. The van der Waals surface area contributed by atoms with Crippen molar-refractivity contribution in [2.75, 3.05) is 31.1 Å². The van der Waals surface area contributed by atoms with Gasteiger partial charge in [0, 0.05) is 37.9 Å². The van der Waals surface area contributed by atoms with Crippen LogP contribution in [0.15, 0.2) is 24.3 Å². The molecule has 1 N–H and O–H groups in total. The lowest BCUT2D eigenvalue weighted by Gasteiger charge is -2.36. The Hall–Kier alpha value is -2.22. The summed E-state index contributed by atoms with van der Waals surface area (Å²) in [5, 5.41) is 12.1. The molecule has 1 aliphatic carbocycles. The van der Waals surface area contributed by atoms with Gasteiger partial charge in [0.25, 0.3) is 0 Å². The molecule has 0 unspecified atom stereocenters. The Bertz CT molecular complexity index is 566. The largest absolute Gasteiger partial charge is 0.368 e. The molecule has 5 nitrogen and oxygen atoms in total. The molecule has 3 rings (SSSR count). The number of urea groups is 1. The third kappa shape index (κ3) is 3.33. The van der Waals surface area contributed by atoms with Crippen LogP contribution in [0.2, 0.25) is 0 Å². The first-order valence-corrected chi connectivity index (χ1v) is 8.07. The van der Waals surface area contributed by atoms with Gasteiger partial charge in [-0.25, -0.2) is 4.79 Å². The molecule has 2 aliphatic rings. The van der Waals surface area contributed by atoms with Crippen molar-refractivity contribution in [2.45, 2.75) is 31.7 Å². The fourth-order valence-corrected chi connectivity index (χ4v) is 3.28. The molecule has 0 bridgehead atoms. The molecule has 5 heteroatoms. The van der Waals surface area contributed by atoms with Gasteiger partial charge in [0.15, 0.2) is 0 Å². The Morgan fingerprint density at radius 3 is 2.59 bits per heavy atom. The van der Waals surface area contributed by atoms with E-state index in [1.54, 1.807) is 0 Å². The number of anilines is 1. The van der Waals surface area contributed by atoms with Crippen LogP contribution in [0.25, 0.3) is 0 Å². The van der Waals surface area contributed by atoms with Crippen LogP contribution in [0.3, 0.4) is 0 Å². The van der Waals surface area contributed by atoms with E-state index in [1.165, 1.54) is 12.8 Å². The normalized spacial score (nSPS) is 19.0. The number of nitrogens with zero attached hydrogens (tertiary/aromatic N) is 3. The number of nitriles is 1. The van der Waals surface area contributed by atoms with Crippen molar-refractivity contribution in [3.05, 3.63) is 29.8 Å². The van der Waals surface area contributed by atoms with Crippen molar-refractivity contribution >= 4 is 11.7 Å². The number of piperazine rings is 1. The maximum atomic E-state index is 12.3. The molecule has 0 atom stereocenters. The molecular formula is C17H22N4O. The number of amides is 2. The van der Waals surface area contributed by atoms with Gasteiger partial charge in [-0.15, -0.1) is 0 Å². The van der Waals surface area contributed by atoms with Gasteiger partial charge in [-0.05, 0) is 31.0 Å². The van der Waals surface area contributed by atoms with E-state index in [0.29, 0.717) is 11.6 Å². The maximum absolute atomic E-state index is 12.3. The summed E-state index contributed by atoms with van der Waals surface area (Å²) in [6.45, 7) is 3.09. The summed E-state index contributed by atoms with van der Waals surface area (Å²) in [5.41, 5.74) is 1.74. The van der Waals surface area contributed by atoms with E-state index in [1.807, 2.05) is 29.2 Å². The number of hydrogen-bond donors (Lipinski definition) is 1.